The summed E-state index contributed by atoms with van der Waals surface area (Å²) >= 11 is 0. The maximum atomic E-state index is 12.6. The van der Waals surface area contributed by atoms with Crippen molar-refractivity contribution >= 4 is 11.6 Å². The van der Waals surface area contributed by atoms with Gasteiger partial charge in [-0.05, 0) is 17.7 Å². The molecule has 1 atom stereocenters. The second-order valence-corrected chi connectivity index (χ2v) is 7.35. The van der Waals surface area contributed by atoms with Gasteiger partial charge in [0.05, 0.1) is 24.0 Å². The predicted molar refractivity (Wildman–Crippen MR) is 114 cm³/mol. The minimum atomic E-state index is -0.502. The number of nitrogens with zero attached hydrogens (tertiary/aromatic N) is 4. The van der Waals surface area contributed by atoms with Crippen LogP contribution in [0.15, 0.2) is 67.3 Å². The lowest BCUT2D eigenvalue weighted by Gasteiger charge is -2.33. The molecule has 1 aromatic heterocycles. The summed E-state index contributed by atoms with van der Waals surface area (Å²) in [5, 5.41) is 14.3. The highest BCUT2D eigenvalue weighted by molar-refractivity contribution is 5.95. The Morgan fingerprint density at radius 2 is 2.10 bits per heavy atom. The molecule has 9 heteroatoms. The molecular formula is C22H23N5O4. The van der Waals surface area contributed by atoms with Crippen LogP contribution >= 0.6 is 0 Å². The smallest absolute Gasteiger partial charge is 0.294 e. The first-order valence-corrected chi connectivity index (χ1v) is 10.0. The summed E-state index contributed by atoms with van der Waals surface area (Å²) in [5.74, 6) is -0.371. The maximum absolute atomic E-state index is 12.6. The summed E-state index contributed by atoms with van der Waals surface area (Å²) in [4.78, 5) is 29.8. The first kappa shape index (κ1) is 20.7. The van der Waals surface area contributed by atoms with Gasteiger partial charge in [0.1, 0.15) is 5.69 Å². The Morgan fingerprint density at radius 3 is 2.84 bits per heavy atom. The normalized spacial score (nSPS) is 16.7. The summed E-state index contributed by atoms with van der Waals surface area (Å²) in [5.41, 5.74) is 1.66. The number of imidazole rings is 1. The molecule has 0 bridgehead atoms. The number of hydrogen-bond donors (Lipinski definition) is 1. The molecule has 1 aliphatic rings. The van der Waals surface area contributed by atoms with E-state index >= 15 is 0 Å². The van der Waals surface area contributed by atoms with Crippen molar-refractivity contribution in [2.45, 2.75) is 12.6 Å². The fraction of sp³-hybridized carbons (Fsp3) is 0.273. The number of rotatable bonds is 7. The molecule has 0 radical (unpaired) electrons. The number of benzene rings is 2. The summed E-state index contributed by atoms with van der Waals surface area (Å²) < 4.78 is 7.33. The molecular weight excluding hydrogens is 398 g/mol. The van der Waals surface area contributed by atoms with Crippen molar-refractivity contribution in [1.29, 1.82) is 0 Å². The molecule has 1 fully saturated rings. The topological polar surface area (TPSA) is 103 Å². The van der Waals surface area contributed by atoms with Gasteiger partial charge >= 0.3 is 0 Å². The van der Waals surface area contributed by atoms with Crippen LogP contribution < -0.4 is 5.32 Å². The number of aromatic nitrogens is 2. The highest BCUT2D eigenvalue weighted by Gasteiger charge is 2.23. The van der Waals surface area contributed by atoms with Gasteiger partial charge in [0.25, 0.3) is 11.6 Å². The maximum Gasteiger partial charge on any atom is 0.294 e. The molecule has 0 saturated carbocycles. The lowest BCUT2D eigenvalue weighted by molar-refractivity contribution is -0.384. The van der Waals surface area contributed by atoms with Crippen LogP contribution in [0.4, 0.5) is 5.69 Å². The number of carbonyl (C=O) groups excluding carboxylic acids is 1. The Balaban J connectivity index is 1.37. The second-order valence-electron chi connectivity index (χ2n) is 7.35. The molecule has 3 aromatic rings. The number of morpholine rings is 1. The zero-order chi connectivity index (χ0) is 21.6. The zero-order valence-electron chi connectivity index (χ0n) is 16.9. The molecule has 9 nitrogen and oxygen atoms in total. The lowest BCUT2D eigenvalue weighted by atomic mass is 10.1. The van der Waals surface area contributed by atoms with E-state index < -0.39 is 4.92 Å². The third-order valence-corrected chi connectivity index (χ3v) is 5.18. The summed E-state index contributed by atoms with van der Waals surface area (Å²) in [6.45, 7) is 3.30. The van der Waals surface area contributed by atoms with Gasteiger partial charge in [-0.25, -0.2) is 4.98 Å². The average molecular weight is 421 g/mol. The van der Waals surface area contributed by atoms with Gasteiger partial charge in [0.2, 0.25) is 0 Å². The van der Waals surface area contributed by atoms with E-state index in [2.05, 4.69) is 27.3 Å². The van der Waals surface area contributed by atoms with E-state index in [1.807, 2.05) is 18.2 Å². The van der Waals surface area contributed by atoms with Crippen molar-refractivity contribution in [3.05, 3.63) is 88.5 Å². The van der Waals surface area contributed by atoms with E-state index in [1.54, 1.807) is 18.3 Å². The van der Waals surface area contributed by atoms with Crippen LogP contribution in [-0.2, 0) is 11.3 Å². The number of amides is 1. The Hall–Kier alpha value is -3.56. The molecule has 1 amide bonds. The van der Waals surface area contributed by atoms with E-state index in [-0.39, 0.29) is 23.3 Å². The van der Waals surface area contributed by atoms with E-state index in [0.29, 0.717) is 25.4 Å². The fourth-order valence-corrected chi connectivity index (χ4v) is 3.63. The lowest BCUT2D eigenvalue weighted by Crippen LogP contribution is -2.47. The monoisotopic (exact) mass is 421 g/mol. The van der Waals surface area contributed by atoms with Gasteiger partial charge in [-0.1, -0.05) is 30.3 Å². The van der Waals surface area contributed by atoms with Gasteiger partial charge in [-0.3, -0.25) is 19.8 Å². The SMILES string of the molecule is O=C(NCC1CN(Cc2ccccc2)CCO1)c1ccc(-n2ccnc2)c([N+](=O)[O-])c1. The Bertz CT molecular complexity index is 1040. The molecule has 1 aliphatic heterocycles. The molecule has 2 aromatic carbocycles. The van der Waals surface area contributed by atoms with Crippen LogP contribution in [0.1, 0.15) is 15.9 Å². The molecule has 1 saturated heterocycles. The van der Waals surface area contributed by atoms with Gasteiger partial charge < -0.3 is 14.6 Å². The Morgan fingerprint density at radius 1 is 1.26 bits per heavy atom. The van der Waals surface area contributed by atoms with Gasteiger partial charge in [0.15, 0.2) is 0 Å². The van der Waals surface area contributed by atoms with Crippen molar-refractivity contribution in [2.24, 2.45) is 0 Å². The predicted octanol–water partition coefficient (Wildman–Crippen LogP) is 2.41. The van der Waals surface area contributed by atoms with Crippen molar-refractivity contribution in [1.82, 2.24) is 19.8 Å². The molecule has 2 heterocycles. The van der Waals surface area contributed by atoms with Crippen molar-refractivity contribution in [2.75, 3.05) is 26.2 Å². The summed E-state index contributed by atoms with van der Waals surface area (Å²) in [6, 6.07) is 14.6. The molecule has 160 valence electrons. The van der Waals surface area contributed by atoms with E-state index in [4.69, 9.17) is 4.74 Å². The van der Waals surface area contributed by atoms with Crippen molar-refractivity contribution in [3.63, 3.8) is 0 Å². The van der Waals surface area contributed by atoms with Crippen molar-refractivity contribution in [3.8, 4) is 5.69 Å². The molecule has 4 rings (SSSR count). The molecule has 31 heavy (non-hydrogen) atoms. The first-order chi connectivity index (χ1) is 15.1. The number of hydrogen-bond acceptors (Lipinski definition) is 6. The van der Waals surface area contributed by atoms with Gasteiger partial charge in [-0.15, -0.1) is 0 Å². The van der Waals surface area contributed by atoms with Crippen LogP contribution in [0, 0.1) is 10.1 Å². The van der Waals surface area contributed by atoms with E-state index in [9.17, 15) is 14.9 Å². The molecule has 0 aliphatic carbocycles. The fourth-order valence-electron chi connectivity index (χ4n) is 3.63. The van der Waals surface area contributed by atoms with Crippen molar-refractivity contribution < 1.29 is 14.5 Å². The third-order valence-electron chi connectivity index (χ3n) is 5.18. The quantitative estimate of drug-likeness (QED) is 0.464. The van der Waals surface area contributed by atoms with Crippen LogP contribution in [0.25, 0.3) is 5.69 Å². The highest BCUT2D eigenvalue weighted by Crippen LogP contribution is 2.24. The Labute approximate surface area is 179 Å². The average Bonchev–Trinajstić information content (AvgIpc) is 3.33. The minimum absolute atomic E-state index is 0.137. The van der Waals surface area contributed by atoms with Crippen LogP contribution in [-0.4, -0.2) is 57.6 Å². The standard InChI is InChI=1S/C22H23N5O4/c28-22(18-6-7-20(21(12-18)27(29)30)26-9-8-23-16-26)24-13-19-15-25(10-11-31-19)14-17-4-2-1-3-5-17/h1-9,12,16,19H,10-11,13-15H2,(H,24,28). The Kier molecular flexibility index (Phi) is 6.34. The second kappa shape index (κ2) is 9.50. The number of nitrogens with one attached hydrogen (secondary N) is 1. The number of nitro benzene ring substituents is 1. The molecule has 1 N–H and O–H groups in total. The van der Waals surface area contributed by atoms with Crippen LogP contribution in [0.3, 0.4) is 0 Å². The number of carbonyl (C=O) groups is 1. The number of ether oxygens (including phenoxy) is 1. The molecule has 0 spiro atoms. The minimum Gasteiger partial charge on any atom is -0.374 e. The largest absolute Gasteiger partial charge is 0.374 e. The third kappa shape index (κ3) is 5.14. The van der Waals surface area contributed by atoms with E-state index in [0.717, 1.165) is 13.1 Å². The van der Waals surface area contributed by atoms with Gasteiger partial charge in [0, 0.05) is 50.2 Å². The van der Waals surface area contributed by atoms with E-state index in [1.165, 1.54) is 28.7 Å². The summed E-state index contributed by atoms with van der Waals surface area (Å²) in [7, 11) is 0. The molecule has 1 unspecified atom stereocenters. The first-order valence-electron chi connectivity index (χ1n) is 10.0. The highest BCUT2D eigenvalue weighted by atomic mass is 16.6. The van der Waals surface area contributed by atoms with Gasteiger partial charge in [-0.2, -0.15) is 0 Å². The summed E-state index contributed by atoms with van der Waals surface area (Å²) in [6.07, 6.45) is 4.49. The zero-order valence-corrected chi connectivity index (χ0v) is 16.9. The van der Waals surface area contributed by atoms with Crippen LogP contribution in [0.5, 0.6) is 0 Å². The number of nitro groups is 1. The van der Waals surface area contributed by atoms with Crippen LogP contribution in [0.2, 0.25) is 0 Å².